The molecule has 0 fully saturated rings. The molecule has 0 aliphatic carbocycles. The molecular formula is C20H22F3N5. The summed E-state index contributed by atoms with van der Waals surface area (Å²) in [6.45, 7) is 6.60. The van der Waals surface area contributed by atoms with Crippen molar-refractivity contribution in [2.45, 2.75) is 31.6 Å². The summed E-state index contributed by atoms with van der Waals surface area (Å²) >= 11 is 0. The number of halogens is 3. The standard InChI is InChI=1S/C20H22F3N5/c1-13(26-15-6-5-9-18(25-12-15)20(21,22)23)10-11-24-14(2)19-27-16-7-3-4-8-17(16)28-19/h3-9,12,14-15,24,26H,1,10-11H2,2H3,(H,27,28). The van der Waals surface area contributed by atoms with Gasteiger partial charge in [0.25, 0.3) is 0 Å². The maximum atomic E-state index is 12.7. The van der Waals surface area contributed by atoms with Gasteiger partial charge >= 0.3 is 6.18 Å². The highest BCUT2D eigenvalue weighted by Crippen LogP contribution is 2.27. The molecule has 3 rings (SSSR count). The Morgan fingerprint density at radius 3 is 2.86 bits per heavy atom. The lowest BCUT2D eigenvalue weighted by molar-refractivity contribution is -0.0922. The summed E-state index contributed by atoms with van der Waals surface area (Å²) in [5.74, 6) is 0.851. The number of nitrogens with zero attached hydrogens (tertiary/aromatic N) is 2. The number of allylic oxidation sites excluding steroid dienone is 3. The number of aromatic amines is 1. The zero-order valence-electron chi connectivity index (χ0n) is 15.4. The lowest BCUT2D eigenvalue weighted by atomic mass is 10.2. The van der Waals surface area contributed by atoms with E-state index in [-0.39, 0.29) is 6.04 Å². The van der Waals surface area contributed by atoms with Crippen LogP contribution >= 0.6 is 0 Å². The van der Waals surface area contributed by atoms with E-state index in [4.69, 9.17) is 0 Å². The number of alkyl halides is 3. The molecular weight excluding hydrogens is 367 g/mol. The lowest BCUT2D eigenvalue weighted by Gasteiger charge is -2.16. The summed E-state index contributed by atoms with van der Waals surface area (Å²) in [5.41, 5.74) is 1.70. The highest BCUT2D eigenvalue weighted by Gasteiger charge is 2.33. The van der Waals surface area contributed by atoms with Crippen LogP contribution in [0.15, 0.2) is 65.5 Å². The van der Waals surface area contributed by atoms with Crippen molar-refractivity contribution in [3.63, 3.8) is 0 Å². The average Bonchev–Trinajstić information content (AvgIpc) is 2.93. The van der Waals surface area contributed by atoms with Crippen LogP contribution in [0.5, 0.6) is 0 Å². The molecule has 2 aromatic rings. The molecule has 0 saturated heterocycles. The van der Waals surface area contributed by atoms with Crippen LogP contribution in [-0.2, 0) is 0 Å². The molecule has 2 atom stereocenters. The van der Waals surface area contributed by atoms with E-state index in [2.05, 4.69) is 32.2 Å². The third-order valence-corrected chi connectivity index (χ3v) is 4.30. The number of H-pyrrole nitrogens is 1. The Bertz CT molecular complexity index is 890. The van der Waals surface area contributed by atoms with Crippen LogP contribution in [-0.4, -0.2) is 34.9 Å². The Hall–Kier alpha value is -2.87. The van der Waals surface area contributed by atoms with Gasteiger partial charge in [0, 0.05) is 18.5 Å². The fourth-order valence-electron chi connectivity index (χ4n) is 2.79. The van der Waals surface area contributed by atoms with Gasteiger partial charge in [-0.15, -0.1) is 0 Å². The number of fused-ring (bicyclic) bond motifs is 1. The highest BCUT2D eigenvalue weighted by molar-refractivity contribution is 5.74. The van der Waals surface area contributed by atoms with Gasteiger partial charge in [-0.1, -0.05) is 30.9 Å². The predicted octanol–water partition coefficient (Wildman–Crippen LogP) is 4.16. The Morgan fingerprint density at radius 1 is 1.32 bits per heavy atom. The van der Waals surface area contributed by atoms with E-state index in [1.54, 1.807) is 6.08 Å². The van der Waals surface area contributed by atoms with Gasteiger partial charge in [-0.05, 0) is 31.6 Å². The van der Waals surface area contributed by atoms with Crippen molar-refractivity contribution >= 4 is 17.2 Å². The molecule has 1 aromatic heterocycles. The first-order chi connectivity index (χ1) is 13.3. The van der Waals surface area contributed by atoms with Crippen LogP contribution < -0.4 is 10.6 Å². The van der Waals surface area contributed by atoms with Crippen molar-refractivity contribution in [1.29, 1.82) is 0 Å². The van der Waals surface area contributed by atoms with Gasteiger partial charge < -0.3 is 15.6 Å². The third-order valence-electron chi connectivity index (χ3n) is 4.30. The zero-order chi connectivity index (χ0) is 20.1. The van der Waals surface area contributed by atoms with E-state index >= 15 is 0 Å². The van der Waals surface area contributed by atoms with Crippen LogP contribution in [0.2, 0.25) is 0 Å². The fourth-order valence-corrected chi connectivity index (χ4v) is 2.79. The summed E-state index contributed by atoms with van der Waals surface area (Å²) in [7, 11) is 0. The van der Waals surface area contributed by atoms with E-state index in [9.17, 15) is 13.2 Å². The maximum absolute atomic E-state index is 12.7. The van der Waals surface area contributed by atoms with E-state index < -0.39 is 17.9 Å². The fraction of sp³-hybridized carbons (Fsp3) is 0.300. The first kappa shape index (κ1) is 19.9. The predicted molar refractivity (Wildman–Crippen MR) is 105 cm³/mol. The molecule has 0 spiro atoms. The molecule has 2 heterocycles. The zero-order valence-corrected chi connectivity index (χ0v) is 15.4. The summed E-state index contributed by atoms with van der Waals surface area (Å²) < 4.78 is 38.1. The first-order valence-electron chi connectivity index (χ1n) is 8.95. The minimum atomic E-state index is -4.45. The minimum Gasteiger partial charge on any atom is -0.378 e. The van der Waals surface area contributed by atoms with E-state index in [0.717, 1.165) is 22.9 Å². The van der Waals surface area contributed by atoms with Gasteiger partial charge in [0.05, 0.1) is 23.1 Å². The van der Waals surface area contributed by atoms with Crippen molar-refractivity contribution in [3.8, 4) is 0 Å². The second-order valence-corrected chi connectivity index (χ2v) is 6.55. The van der Waals surface area contributed by atoms with E-state index in [1.165, 1.54) is 12.3 Å². The van der Waals surface area contributed by atoms with Crippen molar-refractivity contribution < 1.29 is 13.2 Å². The van der Waals surface area contributed by atoms with Crippen LogP contribution in [0, 0.1) is 0 Å². The summed E-state index contributed by atoms with van der Waals surface area (Å²) in [6.07, 6.45) is 1.31. The number of nitrogens with one attached hydrogen (secondary N) is 3. The lowest BCUT2D eigenvalue weighted by Crippen LogP contribution is -2.30. The Morgan fingerprint density at radius 2 is 2.11 bits per heavy atom. The number of rotatable bonds is 7. The number of hydrogen-bond donors (Lipinski definition) is 3. The van der Waals surface area contributed by atoms with Crippen LogP contribution in [0.3, 0.4) is 0 Å². The number of hydrogen-bond acceptors (Lipinski definition) is 4. The normalized spacial score (nSPS) is 18.0. The molecule has 0 radical (unpaired) electrons. The molecule has 2 unspecified atom stereocenters. The summed E-state index contributed by atoms with van der Waals surface area (Å²) in [5, 5.41) is 6.43. The first-order valence-corrected chi connectivity index (χ1v) is 8.95. The number of aliphatic imine (C=N–C) groups is 1. The molecule has 0 amide bonds. The Kier molecular flexibility index (Phi) is 5.99. The largest absolute Gasteiger partial charge is 0.433 e. The number of para-hydroxylation sites is 2. The third kappa shape index (κ3) is 5.10. The molecule has 3 N–H and O–H groups in total. The van der Waals surface area contributed by atoms with Gasteiger partial charge in [-0.25, -0.2) is 4.98 Å². The van der Waals surface area contributed by atoms with Gasteiger partial charge in [0.15, 0.2) is 0 Å². The average molecular weight is 389 g/mol. The smallest absolute Gasteiger partial charge is 0.378 e. The summed E-state index contributed by atoms with van der Waals surface area (Å²) in [4.78, 5) is 11.4. The monoisotopic (exact) mass is 389 g/mol. The molecule has 0 saturated carbocycles. The van der Waals surface area contributed by atoms with Crippen LogP contribution in [0.1, 0.15) is 25.2 Å². The molecule has 148 valence electrons. The van der Waals surface area contributed by atoms with Crippen molar-refractivity contribution in [2.24, 2.45) is 4.99 Å². The van der Waals surface area contributed by atoms with Crippen LogP contribution in [0.4, 0.5) is 13.2 Å². The highest BCUT2D eigenvalue weighted by atomic mass is 19.4. The van der Waals surface area contributed by atoms with Crippen molar-refractivity contribution in [3.05, 3.63) is 66.3 Å². The molecule has 1 aliphatic rings. The van der Waals surface area contributed by atoms with Crippen LogP contribution in [0.25, 0.3) is 11.0 Å². The Labute approximate surface area is 161 Å². The molecule has 0 bridgehead atoms. The number of imidazole rings is 1. The molecule has 28 heavy (non-hydrogen) atoms. The van der Waals surface area contributed by atoms with Crippen molar-refractivity contribution in [1.82, 2.24) is 20.6 Å². The van der Waals surface area contributed by atoms with Gasteiger partial charge in [0.2, 0.25) is 0 Å². The minimum absolute atomic E-state index is 0.0260. The quantitative estimate of drug-likeness (QED) is 0.666. The second kappa shape index (κ2) is 8.43. The molecule has 8 heteroatoms. The van der Waals surface area contributed by atoms with Crippen molar-refractivity contribution in [2.75, 3.05) is 6.54 Å². The SMILES string of the molecule is C=C(CCNC(C)c1nc2ccccc2[nH]1)NC1C=CC=C(C(F)(F)F)N=C1. The second-order valence-electron chi connectivity index (χ2n) is 6.55. The maximum Gasteiger partial charge on any atom is 0.433 e. The van der Waals surface area contributed by atoms with E-state index in [1.807, 2.05) is 31.2 Å². The molecule has 1 aromatic carbocycles. The van der Waals surface area contributed by atoms with Gasteiger partial charge in [0.1, 0.15) is 11.5 Å². The molecule has 5 nitrogen and oxygen atoms in total. The van der Waals surface area contributed by atoms with Gasteiger partial charge in [-0.2, -0.15) is 13.2 Å². The summed E-state index contributed by atoms with van der Waals surface area (Å²) in [6, 6.07) is 7.42. The van der Waals surface area contributed by atoms with Gasteiger partial charge in [-0.3, -0.25) is 4.99 Å². The number of benzene rings is 1. The van der Waals surface area contributed by atoms with E-state index in [0.29, 0.717) is 18.7 Å². The number of aromatic nitrogens is 2. The molecule has 1 aliphatic heterocycles. The Balaban J connectivity index is 1.46. The topological polar surface area (TPSA) is 65.1 Å².